The fourth-order valence-corrected chi connectivity index (χ4v) is 2.85. The van der Waals surface area contributed by atoms with E-state index in [1.54, 1.807) is 0 Å². The van der Waals surface area contributed by atoms with Gasteiger partial charge in [-0.15, -0.1) is 0 Å². The van der Waals surface area contributed by atoms with Crippen LogP contribution in [0.4, 0.5) is 10.1 Å². The van der Waals surface area contributed by atoms with Gasteiger partial charge in [-0.25, -0.2) is 14.0 Å². The largest absolute Gasteiger partial charge is 0.419 e. The summed E-state index contributed by atoms with van der Waals surface area (Å²) >= 11 is 0. The number of hydrogen-bond acceptors (Lipinski definition) is 7. The number of carbonyl (C=O) groups excluding carboxylic acids is 2. The first-order chi connectivity index (χ1) is 12.2. The molecule has 0 aromatic heterocycles. The van der Waals surface area contributed by atoms with E-state index in [-0.39, 0.29) is 11.4 Å². The predicted octanol–water partition coefficient (Wildman–Crippen LogP) is 1.53. The van der Waals surface area contributed by atoms with E-state index in [1.807, 2.05) is 11.9 Å². The highest BCUT2D eigenvalue weighted by atomic mass is 19.1. The number of nitrogens with one attached hydrogen (secondary N) is 1. The fraction of sp³-hybridized carbons (Fsp3) is 0.444. The van der Waals surface area contributed by atoms with Crippen molar-refractivity contribution in [2.75, 3.05) is 38.5 Å². The number of hydrogen-bond donors (Lipinski definition) is 1. The molecule has 0 saturated carbocycles. The van der Waals surface area contributed by atoms with E-state index in [2.05, 4.69) is 10.2 Å². The first-order valence-electron chi connectivity index (χ1n) is 8.42. The molecule has 2 fully saturated rings. The van der Waals surface area contributed by atoms with Crippen LogP contribution in [0.25, 0.3) is 0 Å². The van der Waals surface area contributed by atoms with Crippen LogP contribution >= 0.6 is 0 Å². The standard InChI is InChI=1S/C18H22FN3O4/c1-18(2)25-16(23)14(17(24)26-18)15(22-10-8-21(3)9-11-22)20-13-6-4-12(19)5-7-13/h4-7,20H,8-11H2,1-3H3. The Kier molecular flexibility index (Phi) is 4.86. The maximum Gasteiger partial charge on any atom is 0.352 e. The molecule has 1 aromatic carbocycles. The summed E-state index contributed by atoms with van der Waals surface area (Å²) in [6.07, 6.45) is 0. The first kappa shape index (κ1) is 18.2. The summed E-state index contributed by atoms with van der Waals surface area (Å²) in [6.45, 7) is 5.79. The van der Waals surface area contributed by atoms with Gasteiger partial charge in [-0.2, -0.15) is 0 Å². The van der Waals surface area contributed by atoms with Crippen LogP contribution in [0.3, 0.4) is 0 Å². The van der Waals surface area contributed by atoms with E-state index in [0.717, 1.165) is 13.1 Å². The van der Waals surface area contributed by atoms with Crippen molar-refractivity contribution >= 4 is 17.6 Å². The van der Waals surface area contributed by atoms with Gasteiger partial charge in [0.1, 0.15) is 11.6 Å². The number of nitrogens with zero attached hydrogens (tertiary/aromatic N) is 2. The predicted molar refractivity (Wildman–Crippen MR) is 92.4 cm³/mol. The number of benzene rings is 1. The molecule has 2 aliphatic rings. The highest BCUT2D eigenvalue weighted by molar-refractivity contribution is 6.16. The molecule has 0 aliphatic carbocycles. The number of anilines is 1. The van der Waals surface area contributed by atoms with Crippen LogP contribution in [0.5, 0.6) is 0 Å². The van der Waals surface area contributed by atoms with Crippen molar-refractivity contribution in [1.82, 2.24) is 9.80 Å². The van der Waals surface area contributed by atoms with E-state index >= 15 is 0 Å². The van der Waals surface area contributed by atoms with Gasteiger partial charge in [-0.3, -0.25) is 0 Å². The molecule has 2 heterocycles. The molecule has 0 radical (unpaired) electrons. The zero-order valence-electron chi connectivity index (χ0n) is 15.0. The SMILES string of the molecule is CN1CCN(C(Nc2ccc(F)cc2)=C2C(=O)OC(C)(C)OC2=O)CC1. The maximum absolute atomic E-state index is 13.2. The molecule has 0 amide bonds. The molecule has 140 valence electrons. The fourth-order valence-electron chi connectivity index (χ4n) is 2.85. The number of esters is 2. The second-order valence-corrected chi connectivity index (χ2v) is 6.82. The summed E-state index contributed by atoms with van der Waals surface area (Å²) in [6, 6.07) is 5.68. The highest BCUT2D eigenvalue weighted by Gasteiger charge is 2.42. The number of halogens is 1. The van der Waals surface area contributed by atoms with E-state index in [0.29, 0.717) is 24.6 Å². The molecule has 7 nitrogen and oxygen atoms in total. The van der Waals surface area contributed by atoms with Crippen LogP contribution in [-0.4, -0.2) is 60.8 Å². The van der Waals surface area contributed by atoms with Gasteiger partial charge in [-0.05, 0) is 31.3 Å². The van der Waals surface area contributed by atoms with Crippen molar-refractivity contribution in [3.63, 3.8) is 0 Å². The molecule has 26 heavy (non-hydrogen) atoms. The summed E-state index contributed by atoms with van der Waals surface area (Å²) in [7, 11) is 2.00. The van der Waals surface area contributed by atoms with Gasteiger partial charge in [0.05, 0.1) is 0 Å². The van der Waals surface area contributed by atoms with Crippen LogP contribution in [0.2, 0.25) is 0 Å². The Morgan fingerprint density at radius 2 is 1.58 bits per heavy atom. The van der Waals surface area contributed by atoms with Gasteiger partial charge in [-0.1, -0.05) is 0 Å². The third kappa shape index (κ3) is 3.96. The molecule has 2 saturated heterocycles. The van der Waals surface area contributed by atoms with Gasteiger partial charge in [0.25, 0.3) is 5.79 Å². The number of ether oxygens (including phenoxy) is 2. The summed E-state index contributed by atoms with van der Waals surface area (Å²) in [4.78, 5) is 29.0. The third-order valence-electron chi connectivity index (χ3n) is 4.25. The second-order valence-electron chi connectivity index (χ2n) is 6.82. The monoisotopic (exact) mass is 363 g/mol. The summed E-state index contributed by atoms with van der Waals surface area (Å²) in [5.74, 6) is -2.84. The quantitative estimate of drug-likeness (QED) is 0.496. The molecule has 2 aliphatic heterocycles. The van der Waals surface area contributed by atoms with Crippen molar-refractivity contribution in [1.29, 1.82) is 0 Å². The number of rotatable bonds is 3. The average Bonchev–Trinajstić information content (AvgIpc) is 2.55. The van der Waals surface area contributed by atoms with Crippen molar-refractivity contribution in [2.45, 2.75) is 19.6 Å². The van der Waals surface area contributed by atoms with Gasteiger partial charge in [0.2, 0.25) is 0 Å². The smallest absolute Gasteiger partial charge is 0.352 e. The van der Waals surface area contributed by atoms with Crippen LogP contribution < -0.4 is 5.32 Å². The lowest BCUT2D eigenvalue weighted by Gasteiger charge is -2.38. The lowest BCUT2D eigenvalue weighted by Crippen LogP contribution is -2.48. The Morgan fingerprint density at radius 1 is 1.04 bits per heavy atom. The number of piperazine rings is 1. The minimum absolute atomic E-state index is 0.182. The molecule has 1 N–H and O–H groups in total. The van der Waals surface area contributed by atoms with Crippen molar-refractivity contribution in [2.24, 2.45) is 0 Å². The zero-order valence-corrected chi connectivity index (χ0v) is 15.0. The number of likely N-dealkylation sites (N-methyl/N-ethyl adjacent to an activating group) is 1. The molecule has 3 rings (SSSR count). The Bertz CT molecular complexity index is 715. The summed E-state index contributed by atoms with van der Waals surface area (Å²) in [5, 5.41) is 3.07. The Morgan fingerprint density at radius 3 is 2.12 bits per heavy atom. The van der Waals surface area contributed by atoms with Gasteiger partial charge < -0.3 is 24.6 Å². The molecule has 0 spiro atoms. The minimum Gasteiger partial charge on any atom is -0.419 e. The van der Waals surface area contributed by atoms with Crippen LogP contribution in [0.1, 0.15) is 13.8 Å². The molecular formula is C18H22FN3O4. The van der Waals surface area contributed by atoms with Crippen LogP contribution in [0, 0.1) is 5.82 Å². The van der Waals surface area contributed by atoms with Crippen molar-refractivity contribution in [3.8, 4) is 0 Å². The van der Waals surface area contributed by atoms with Gasteiger partial charge in [0, 0.05) is 45.7 Å². The Labute approximate surface area is 151 Å². The molecule has 1 aromatic rings. The molecule has 0 atom stereocenters. The van der Waals surface area contributed by atoms with Crippen molar-refractivity contribution in [3.05, 3.63) is 41.5 Å². The van der Waals surface area contributed by atoms with E-state index < -0.39 is 17.7 Å². The van der Waals surface area contributed by atoms with E-state index in [1.165, 1.54) is 38.1 Å². The Balaban J connectivity index is 1.97. The van der Waals surface area contributed by atoms with Crippen LogP contribution in [-0.2, 0) is 19.1 Å². The maximum atomic E-state index is 13.2. The van der Waals surface area contributed by atoms with E-state index in [9.17, 15) is 14.0 Å². The summed E-state index contributed by atoms with van der Waals surface area (Å²) < 4.78 is 23.6. The lowest BCUT2D eigenvalue weighted by molar-refractivity contribution is -0.222. The molecular weight excluding hydrogens is 341 g/mol. The van der Waals surface area contributed by atoms with Gasteiger partial charge >= 0.3 is 11.9 Å². The number of cyclic esters (lactones) is 2. The highest BCUT2D eigenvalue weighted by Crippen LogP contribution is 2.27. The average molecular weight is 363 g/mol. The lowest BCUT2D eigenvalue weighted by atomic mass is 10.1. The molecule has 0 unspecified atom stereocenters. The first-order valence-corrected chi connectivity index (χ1v) is 8.42. The minimum atomic E-state index is -1.30. The zero-order chi connectivity index (χ0) is 18.9. The molecule has 0 bridgehead atoms. The Hall–Kier alpha value is -2.61. The van der Waals surface area contributed by atoms with Crippen LogP contribution in [0.15, 0.2) is 35.7 Å². The second kappa shape index (κ2) is 6.95. The number of carbonyl (C=O) groups is 2. The topological polar surface area (TPSA) is 71.1 Å². The third-order valence-corrected chi connectivity index (χ3v) is 4.25. The van der Waals surface area contributed by atoms with E-state index in [4.69, 9.17) is 9.47 Å². The molecule has 8 heteroatoms. The summed E-state index contributed by atoms with van der Waals surface area (Å²) in [5.41, 5.74) is 0.372. The normalized spacial score (nSPS) is 20.5. The van der Waals surface area contributed by atoms with Gasteiger partial charge in [0.15, 0.2) is 5.57 Å². The van der Waals surface area contributed by atoms with Crippen molar-refractivity contribution < 1.29 is 23.5 Å².